The van der Waals surface area contributed by atoms with E-state index < -0.39 is 0 Å². The number of aliphatic hydroxyl groups is 1. The molecule has 10 heavy (non-hydrogen) atoms. The zero-order valence-corrected chi connectivity index (χ0v) is 5.99. The Kier molecular flexibility index (Phi) is 2.46. The molecule has 1 aromatic carbocycles. The molecule has 0 spiro atoms. The summed E-state index contributed by atoms with van der Waals surface area (Å²) in [4.78, 5) is 0. The van der Waals surface area contributed by atoms with Crippen LogP contribution in [-0.2, 0) is 0 Å². The minimum atomic E-state index is 0.140. The van der Waals surface area contributed by atoms with E-state index in [9.17, 15) is 0 Å². The Labute approximate surface area is 61.3 Å². The monoisotopic (exact) mass is 135 g/mol. The van der Waals surface area contributed by atoms with Crippen LogP contribution in [0.4, 0.5) is 0 Å². The first-order chi connectivity index (χ1) is 4.84. The first-order valence-corrected chi connectivity index (χ1v) is 3.37. The molecule has 0 saturated heterocycles. The predicted molar refractivity (Wildman–Crippen MR) is 41.1 cm³/mol. The lowest BCUT2D eigenvalue weighted by molar-refractivity contribution is 0.361. The SMILES string of the molecule is C[C@H]([CH]O)c1ccccc1. The Balaban J connectivity index is 2.75. The summed E-state index contributed by atoms with van der Waals surface area (Å²) in [5.74, 6) is 0.140. The maximum Gasteiger partial charge on any atom is 0.0870 e. The van der Waals surface area contributed by atoms with Gasteiger partial charge in [-0.25, -0.2) is 0 Å². The fourth-order valence-electron chi connectivity index (χ4n) is 0.843. The summed E-state index contributed by atoms with van der Waals surface area (Å²) in [6.07, 6.45) is 0. The lowest BCUT2D eigenvalue weighted by atomic mass is 10.0. The third-order valence-corrected chi connectivity index (χ3v) is 1.55. The van der Waals surface area contributed by atoms with Gasteiger partial charge >= 0.3 is 0 Å². The molecular formula is C9H11O. The first kappa shape index (κ1) is 7.29. The van der Waals surface area contributed by atoms with Gasteiger partial charge in [0, 0.05) is 5.92 Å². The van der Waals surface area contributed by atoms with E-state index in [0.29, 0.717) is 0 Å². The Morgan fingerprint density at radius 3 is 2.40 bits per heavy atom. The topological polar surface area (TPSA) is 20.2 Å². The number of aliphatic hydroxyl groups excluding tert-OH is 1. The minimum absolute atomic E-state index is 0.140. The molecule has 1 N–H and O–H groups in total. The molecule has 0 aromatic heterocycles. The molecule has 0 aliphatic rings. The maximum absolute atomic E-state index is 8.66. The van der Waals surface area contributed by atoms with E-state index >= 15 is 0 Å². The van der Waals surface area contributed by atoms with E-state index in [0.717, 1.165) is 5.56 Å². The van der Waals surface area contributed by atoms with Crippen LogP contribution in [0.5, 0.6) is 0 Å². The van der Waals surface area contributed by atoms with Crippen LogP contribution < -0.4 is 0 Å². The summed E-state index contributed by atoms with van der Waals surface area (Å²) < 4.78 is 0. The fraction of sp³-hybridized carbons (Fsp3) is 0.222. The highest BCUT2D eigenvalue weighted by Crippen LogP contribution is 2.14. The summed E-state index contributed by atoms with van der Waals surface area (Å²) in [6.45, 7) is 3.16. The van der Waals surface area contributed by atoms with Crippen LogP contribution in [0.1, 0.15) is 18.4 Å². The van der Waals surface area contributed by atoms with E-state index in [1.54, 1.807) is 0 Å². The Bertz CT molecular complexity index is 181. The quantitative estimate of drug-likeness (QED) is 0.659. The van der Waals surface area contributed by atoms with Gasteiger partial charge in [0.1, 0.15) is 0 Å². The highest BCUT2D eigenvalue weighted by atomic mass is 16.3. The zero-order chi connectivity index (χ0) is 7.40. The van der Waals surface area contributed by atoms with Gasteiger partial charge in [0.05, 0.1) is 6.61 Å². The zero-order valence-electron chi connectivity index (χ0n) is 5.99. The molecule has 1 aromatic rings. The summed E-state index contributed by atoms with van der Waals surface area (Å²) in [5.41, 5.74) is 1.14. The van der Waals surface area contributed by atoms with Crippen LogP contribution in [0.25, 0.3) is 0 Å². The minimum Gasteiger partial charge on any atom is -0.390 e. The van der Waals surface area contributed by atoms with Gasteiger partial charge in [0.25, 0.3) is 0 Å². The van der Waals surface area contributed by atoms with Crippen molar-refractivity contribution in [1.82, 2.24) is 0 Å². The first-order valence-electron chi connectivity index (χ1n) is 3.37. The second-order valence-electron chi connectivity index (χ2n) is 2.35. The van der Waals surface area contributed by atoms with Crippen LogP contribution in [-0.4, -0.2) is 5.11 Å². The van der Waals surface area contributed by atoms with Crippen molar-refractivity contribution >= 4 is 0 Å². The lowest BCUT2D eigenvalue weighted by Crippen LogP contribution is -1.91. The second kappa shape index (κ2) is 3.37. The molecule has 0 heterocycles. The van der Waals surface area contributed by atoms with Crippen molar-refractivity contribution in [2.45, 2.75) is 12.8 Å². The average molecular weight is 135 g/mol. The van der Waals surface area contributed by atoms with E-state index in [1.807, 2.05) is 37.3 Å². The third-order valence-electron chi connectivity index (χ3n) is 1.55. The number of hydrogen-bond donors (Lipinski definition) is 1. The molecule has 0 fully saturated rings. The van der Waals surface area contributed by atoms with Crippen molar-refractivity contribution in [2.24, 2.45) is 0 Å². The van der Waals surface area contributed by atoms with Gasteiger partial charge < -0.3 is 5.11 Å². The van der Waals surface area contributed by atoms with Crippen molar-refractivity contribution in [3.05, 3.63) is 42.5 Å². The van der Waals surface area contributed by atoms with E-state index in [2.05, 4.69) is 0 Å². The van der Waals surface area contributed by atoms with Crippen molar-refractivity contribution in [3.63, 3.8) is 0 Å². The van der Waals surface area contributed by atoms with Gasteiger partial charge in [-0.1, -0.05) is 37.3 Å². The van der Waals surface area contributed by atoms with Gasteiger partial charge in [-0.3, -0.25) is 0 Å². The summed E-state index contributed by atoms with van der Waals surface area (Å²) in [7, 11) is 0. The summed E-state index contributed by atoms with van der Waals surface area (Å²) in [5, 5.41) is 8.66. The molecule has 53 valence electrons. The molecule has 0 saturated carbocycles. The van der Waals surface area contributed by atoms with E-state index in [1.165, 1.54) is 6.61 Å². The van der Waals surface area contributed by atoms with Gasteiger partial charge in [0.2, 0.25) is 0 Å². The van der Waals surface area contributed by atoms with Crippen LogP contribution in [0, 0.1) is 6.61 Å². The van der Waals surface area contributed by atoms with Crippen molar-refractivity contribution < 1.29 is 5.11 Å². The van der Waals surface area contributed by atoms with Crippen LogP contribution >= 0.6 is 0 Å². The second-order valence-corrected chi connectivity index (χ2v) is 2.35. The van der Waals surface area contributed by atoms with Crippen molar-refractivity contribution in [1.29, 1.82) is 0 Å². The van der Waals surface area contributed by atoms with Crippen molar-refractivity contribution in [2.75, 3.05) is 0 Å². The smallest absolute Gasteiger partial charge is 0.0870 e. The molecule has 0 unspecified atom stereocenters. The van der Waals surface area contributed by atoms with Gasteiger partial charge in [-0.15, -0.1) is 0 Å². The normalized spacial score (nSPS) is 13.0. The molecule has 1 rings (SSSR count). The van der Waals surface area contributed by atoms with Gasteiger partial charge in [-0.05, 0) is 5.56 Å². The highest BCUT2D eigenvalue weighted by Gasteiger charge is 2.00. The maximum atomic E-state index is 8.66. The van der Waals surface area contributed by atoms with Crippen LogP contribution in [0.2, 0.25) is 0 Å². The summed E-state index contributed by atoms with van der Waals surface area (Å²) >= 11 is 0. The Hall–Kier alpha value is -0.820. The lowest BCUT2D eigenvalue weighted by Gasteiger charge is -2.05. The largest absolute Gasteiger partial charge is 0.390 e. The van der Waals surface area contributed by atoms with E-state index in [-0.39, 0.29) is 5.92 Å². The number of hydrogen-bond acceptors (Lipinski definition) is 1. The summed E-state index contributed by atoms with van der Waals surface area (Å²) in [6, 6.07) is 9.90. The standard InChI is InChI=1S/C9H11O/c1-8(7-10)9-5-3-2-4-6-9/h2-8,10H,1H3/t8-/m1/s1. The molecule has 0 amide bonds. The Morgan fingerprint density at radius 2 is 1.90 bits per heavy atom. The average Bonchev–Trinajstić information content (AvgIpc) is 2.05. The molecule has 1 radical (unpaired) electrons. The third kappa shape index (κ3) is 1.58. The highest BCUT2D eigenvalue weighted by molar-refractivity contribution is 5.19. The number of benzene rings is 1. The van der Waals surface area contributed by atoms with Crippen LogP contribution in [0.15, 0.2) is 30.3 Å². The van der Waals surface area contributed by atoms with Gasteiger partial charge in [0.15, 0.2) is 0 Å². The molecular weight excluding hydrogens is 124 g/mol. The molecule has 1 nitrogen and oxygen atoms in total. The van der Waals surface area contributed by atoms with E-state index in [4.69, 9.17) is 5.11 Å². The molecule has 1 atom stereocenters. The predicted octanol–water partition coefficient (Wildman–Crippen LogP) is 2.32. The molecule has 0 bridgehead atoms. The van der Waals surface area contributed by atoms with Crippen LogP contribution in [0.3, 0.4) is 0 Å². The van der Waals surface area contributed by atoms with Crippen molar-refractivity contribution in [3.8, 4) is 0 Å². The molecule has 0 aliphatic heterocycles. The molecule has 0 aliphatic carbocycles. The Morgan fingerprint density at radius 1 is 1.30 bits per heavy atom. The van der Waals surface area contributed by atoms with Gasteiger partial charge in [-0.2, -0.15) is 0 Å². The number of rotatable bonds is 2. The molecule has 1 heteroatoms. The fourth-order valence-corrected chi connectivity index (χ4v) is 0.843.